The van der Waals surface area contributed by atoms with Crippen LogP contribution in [0.5, 0.6) is 0 Å². The molecule has 0 atom stereocenters. The lowest BCUT2D eigenvalue weighted by atomic mass is 10.2. The molecule has 0 radical (unpaired) electrons. The van der Waals surface area contributed by atoms with Crippen LogP contribution in [0.3, 0.4) is 0 Å². The predicted octanol–water partition coefficient (Wildman–Crippen LogP) is 2.39. The summed E-state index contributed by atoms with van der Waals surface area (Å²) in [5.74, 6) is -0.339. The minimum Gasteiger partial charge on any atom is -0.213 e. The van der Waals surface area contributed by atoms with Crippen LogP contribution in [0.15, 0.2) is 12.1 Å². The van der Waals surface area contributed by atoms with Gasteiger partial charge in [0.15, 0.2) is 0 Å². The lowest BCUT2D eigenvalue weighted by Crippen LogP contribution is -1.92. The molecule has 1 aromatic heterocycles. The van der Waals surface area contributed by atoms with E-state index in [4.69, 9.17) is 0 Å². The summed E-state index contributed by atoms with van der Waals surface area (Å²) in [7, 11) is 0. The number of aryl methyl sites for hydroxylation is 1. The third-order valence-electron chi connectivity index (χ3n) is 1.27. The fraction of sp³-hybridized carbons (Fsp3) is 0.286. The van der Waals surface area contributed by atoms with Gasteiger partial charge in [-0.05, 0) is 35.1 Å². The Morgan fingerprint density at radius 3 is 2.80 bits per heavy atom. The average Bonchev–Trinajstić information content (AvgIpc) is 1.88. The van der Waals surface area contributed by atoms with E-state index >= 15 is 0 Å². The first kappa shape index (κ1) is 7.91. The summed E-state index contributed by atoms with van der Waals surface area (Å²) in [6.07, 6.45) is 0.704. The summed E-state index contributed by atoms with van der Waals surface area (Å²) in [6.45, 7) is 1.91. The van der Waals surface area contributed by atoms with Gasteiger partial charge in [-0.25, -0.2) is 4.98 Å². The molecular formula is C7H7FIN. The Morgan fingerprint density at radius 2 is 2.30 bits per heavy atom. The molecule has 0 aliphatic rings. The van der Waals surface area contributed by atoms with Gasteiger partial charge in [0.05, 0.1) is 0 Å². The Morgan fingerprint density at radius 1 is 1.60 bits per heavy atom. The highest BCUT2D eigenvalue weighted by atomic mass is 127. The van der Waals surface area contributed by atoms with Gasteiger partial charge in [-0.15, -0.1) is 0 Å². The second-order valence-corrected chi connectivity index (χ2v) is 3.04. The Balaban J connectivity index is 3.07. The number of halogens is 2. The van der Waals surface area contributed by atoms with Crippen LogP contribution < -0.4 is 0 Å². The first-order valence-electron chi connectivity index (χ1n) is 3.05. The molecule has 0 aliphatic carbocycles. The molecule has 0 fully saturated rings. The van der Waals surface area contributed by atoms with Crippen molar-refractivity contribution in [3.8, 4) is 0 Å². The van der Waals surface area contributed by atoms with Gasteiger partial charge in [-0.1, -0.05) is 13.0 Å². The van der Waals surface area contributed by atoms with Crippen molar-refractivity contribution in [2.45, 2.75) is 13.3 Å². The van der Waals surface area contributed by atoms with Gasteiger partial charge in [0.2, 0.25) is 5.95 Å². The molecule has 1 nitrogen and oxygen atoms in total. The number of pyridine rings is 1. The lowest BCUT2D eigenvalue weighted by molar-refractivity contribution is 0.565. The Labute approximate surface area is 72.8 Å². The zero-order chi connectivity index (χ0) is 7.56. The van der Waals surface area contributed by atoms with Crippen molar-refractivity contribution < 1.29 is 4.39 Å². The fourth-order valence-electron chi connectivity index (χ4n) is 0.705. The Bertz CT molecular complexity index is 237. The van der Waals surface area contributed by atoms with E-state index in [0.29, 0.717) is 15.7 Å². The number of rotatable bonds is 1. The van der Waals surface area contributed by atoms with Crippen molar-refractivity contribution in [1.82, 2.24) is 4.98 Å². The highest BCUT2D eigenvalue weighted by Crippen LogP contribution is 2.07. The number of hydrogen-bond donors (Lipinski definition) is 0. The Hall–Kier alpha value is -0.190. The third-order valence-corrected chi connectivity index (χ3v) is 1.87. The van der Waals surface area contributed by atoms with Crippen LogP contribution in [-0.4, -0.2) is 4.98 Å². The van der Waals surface area contributed by atoms with Crippen LogP contribution >= 0.6 is 22.6 Å². The van der Waals surface area contributed by atoms with Crippen molar-refractivity contribution >= 4 is 22.6 Å². The predicted molar refractivity (Wildman–Crippen MR) is 46.3 cm³/mol. The summed E-state index contributed by atoms with van der Waals surface area (Å²) in [5, 5.41) is 0. The molecule has 1 aromatic rings. The normalized spacial score (nSPS) is 9.90. The van der Waals surface area contributed by atoms with Crippen LogP contribution in [0.1, 0.15) is 12.5 Å². The van der Waals surface area contributed by atoms with E-state index in [0.717, 1.165) is 0 Å². The second-order valence-electron chi connectivity index (χ2n) is 1.94. The van der Waals surface area contributed by atoms with Crippen LogP contribution in [-0.2, 0) is 6.42 Å². The molecule has 10 heavy (non-hydrogen) atoms. The maximum Gasteiger partial charge on any atom is 0.217 e. The molecule has 54 valence electrons. The third kappa shape index (κ3) is 1.65. The first-order chi connectivity index (χ1) is 4.74. The number of aromatic nitrogens is 1. The number of hydrogen-bond acceptors (Lipinski definition) is 1. The molecule has 0 bridgehead atoms. The van der Waals surface area contributed by atoms with Gasteiger partial charge in [0, 0.05) is 5.56 Å². The van der Waals surface area contributed by atoms with Gasteiger partial charge in [0.25, 0.3) is 0 Å². The smallest absolute Gasteiger partial charge is 0.213 e. The van der Waals surface area contributed by atoms with Crippen molar-refractivity contribution in [1.29, 1.82) is 0 Å². The van der Waals surface area contributed by atoms with Crippen LogP contribution in [0.25, 0.3) is 0 Å². The topological polar surface area (TPSA) is 12.9 Å². The zero-order valence-corrected chi connectivity index (χ0v) is 7.72. The minimum absolute atomic E-state index is 0.339. The summed E-state index contributed by atoms with van der Waals surface area (Å²) >= 11 is 1.99. The molecule has 0 saturated heterocycles. The average molecular weight is 251 g/mol. The zero-order valence-electron chi connectivity index (χ0n) is 5.56. The van der Waals surface area contributed by atoms with Crippen molar-refractivity contribution in [3.05, 3.63) is 27.3 Å². The Kier molecular flexibility index (Phi) is 2.59. The lowest BCUT2D eigenvalue weighted by Gasteiger charge is -1.96. The summed E-state index contributed by atoms with van der Waals surface area (Å²) in [6, 6.07) is 3.58. The summed E-state index contributed by atoms with van der Waals surface area (Å²) in [5.41, 5.74) is 0.681. The highest BCUT2D eigenvalue weighted by Gasteiger charge is 1.99. The molecule has 0 spiro atoms. The van der Waals surface area contributed by atoms with Crippen molar-refractivity contribution in [3.63, 3.8) is 0 Å². The fourth-order valence-corrected chi connectivity index (χ4v) is 1.10. The standard InChI is InChI=1S/C7H7FIN/c1-2-5-3-4-6(9)10-7(5)8/h3-4H,2H2,1H3. The highest BCUT2D eigenvalue weighted by molar-refractivity contribution is 14.1. The van der Waals surface area contributed by atoms with Gasteiger partial charge in [0.1, 0.15) is 3.70 Å². The van der Waals surface area contributed by atoms with Crippen molar-refractivity contribution in [2.75, 3.05) is 0 Å². The monoisotopic (exact) mass is 251 g/mol. The summed E-state index contributed by atoms with van der Waals surface area (Å²) in [4.78, 5) is 3.66. The van der Waals surface area contributed by atoms with Gasteiger partial charge < -0.3 is 0 Å². The van der Waals surface area contributed by atoms with E-state index in [-0.39, 0.29) is 5.95 Å². The number of nitrogens with zero attached hydrogens (tertiary/aromatic N) is 1. The SMILES string of the molecule is CCc1ccc(I)nc1F. The summed E-state index contributed by atoms with van der Waals surface area (Å²) < 4.78 is 13.4. The molecule has 3 heteroatoms. The van der Waals surface area contributed by atoms with Gasteiger partial charge >= 0.3 is 0 Å². The van der Waals surface area contributed by atoms with E-state index in [9.17, 15) is 4.39 Å². The maximum absolute atomic E-state index is 12.7. The molecule has 0 amide bonds. The molecule has 1 heterocycles. The maximum atomic E-state index is 12.7. The quantitative estimate of drug-likeness (QED) is 0.551. The van der Waals surface area contributed by atoms with E-state index in [1.165, 1.54) is 0 Å². The molecule has 0 aliphatic heterocycles. The molecule has 0 saturated carbocycles. The largest absolute Gasteiger partial charge is 0.217 e. The van der Waals surface area contributed by atoms with E-state index < -0.39 is 0 Å². The molecule has 0 aromatic carbocycles. The molecule has 1 rings (SSSR count). The van der Waals surface area contributed by atoms with Crippen LogP contribution in [0.2, 0.25) is 0 Å². The van der Waals surface area contributed by atoms with E-state index in [2.05, 4.69) is 4.98 Å². The molecular weight excluding hydrogens is 244 g/mol. The van der Waals surface area contributed by atoms with Crippen LogP contribution in [0.4, 0.5) is 4.39 Å². The van der Waals surface area contributed by atoms with E-state index in [1.54, 1.807) is 6.07 Å². The van der Waals surface area contributed by atoms with Crippen molar-refractivity contribution in [2.24, 2.45) is 0 Å². The second kappa shape index (κ2) is 3.27. The molecule has 0 unspecified atom stereocenters. The minimum atomic E-state index is -0.339. The van der Waals surface area contributed by atoms with Crippen LogP contribution in [0, 0.1) is 9.65 Å². The van der Waals surface area contributed by atoms with Gasteiger partial charge in [-0.2, -0.15) is 4.39 Å². The first-order valence-corrected chi connectivity index (χ1v) is 4.13. The van der Waals surface area contributed by atoms with E-state index in [1.807, 2.05) is 35.6 Å². The van der Waals surface area contributed by atoms with Gasteiger partial charge in [-0.3, -0.25) is 0 Å². The molecule has 0 N–H and O–H groups in total.